The number of nitro groups is 1. The number of halogens is 1. The number of allylic oxidation sites excluding steroid dienone is 1. The Bertz CT molecular complexity index is 875. The van der Waals surface area contributed by atoms with Gasteiger partial charge in [0.1, 0.15) is 12.4 Å². The van der Waals surface area contributed by atoms with Gasteiger partial charge in [-0.1, -0.05) is 12.0 Å². The van der Waals surface area contributed by atoms with Crippen LogP contribution in [0.1, 0.15) is 11.1 Å². The van der Waals surface area contributed by atoms with Crippen LogP contribution in [0, 0.1) is 33.8 Å². The second-order valence-corrected chi connectivity index (χ2v) is 5.51. The van der Waals surface area contributed by atoms with Gasteiger partial charge in [0.15, 0.2) is 0 Å². The molecule has 0 heterocycles. The van der Waals surface area contributed by atoms with Crippen molar-refractivity contribution >= 4 is 33.3 Å². The van der Waals surface area contributed by atoms with Gasteiger partial charge in [0.05, 0.1) is 21.0 Å². The van der Waals surface area contributed by atoms with Gasteiger partial charge in [0.25, 0.3) is 5.69 Å². The molecular formula is C18H11BrN2O3. The molecule has 2 rings (SSSR count). The number of ether oxygens (including phenoxy) is 1. The molecule has 0 atom stereocenters. The molecule has 5 nitrogen and oxygen atoms in total. The molecule has 0 saturated heterocycles. The first kappa shape index (κ1) is 17.3. The van der Waals surface area contributed by atoms with Gasteiger partial charge in [-0.25, -0.2) is 0 Å². The van der Waals surface area contributed by atoms with Gasteiger partial charge in [0.2, 0.25) is 0 Å². The van der Waals surface area contributed by atoms with E-state index in [1.54, 1.807) is 36.4 Å². The van der Waals surface area contributed by atoms with E-state index in [1.807, 2.05) is 0 Å². The Morgan fingerprint density at radius 2 is 2.04 bits per heavy atom. The maximum Gasteiger partial charge on any atom is 0.269 e. The van der Waals surface area contributed by atoms with Gasteiger partial charge in [-0.05, 0) is 57.4 Å². The molecule has 0 fully saturated rings. The fourth-order valence-corrected chi connectivity index (χ4v) is 2.46. The van der Waals surface area contributed by atoms with Gasteiger partial charge in [-0.2, -0.15) is 5.26 Å². The Morgan fingerprint density at radius 1 is 1.33 bits per heavy atom. The van der Waals surface area contributed by atoms with Crippen LogP contribution in [0.5, 0.6) is 5.75 Å². The number of terminal acetylenes is 1. The summed E-state index contributed by atoms with van der Waals surface area (Å²) in [7, 11) is 0. The highest BCUT2D eigenvalue weighted by Gasteiger charge is 2.08. The molecule has 118 valence electrons. The number of nitrogens with zero attached hydrogens (tertiary/aromatic N) is 2. The Balaban J connectivity index is 2.30. The lowest BCUT2D eigenvalue weighted by atomic mass is 10.0. The normalized spacial score (nSPS) is 10.5. The number of benzene rings is 2. The summed E-state index contributed by atoms with van der Waals surface area (Å²) in [6, 6.07) is 13.3. The largest absolute Gasteiger partial charge is 0.480 e. The van der Waals surface area contributed by atoms with Crippen molar-refractivity contribution in [1.82, 2.24) is 0 Å². The summed E-state index contributed by atoms with van der Waals surface area (Å²) < 4.78 is 6.08. The Labute approximate surface area is 147 Å². The maximum atomic E-state index is 10.7. The SMILES string of the molecule is C#CCOc1ccc(/C=C(/C#N)c2ccc([N+](=O)[O-])cc2)cc1Br. The predicted molar refractivity (Wildman–Crippen MR) is 95.1 cm³/mol. The van der Waals surface area contributed by atoms with Crippen LogP contribution in [0.15, 0.2) is 46.9 Å². The molecule has 0 spiro atoms. The second-order valence-electron chi connectivity index (χ2n) is 4.66. The van der Waals surface area contributed by atoms with Crippen LogP contribution in [-0.2, 0) is 0 Å². The van der Waals surface area contributed by atoms with E-state index in [1.165, 1.54) is 12.1 Å². The monoisotopic (exact) mass is 382 g/mol. The van der Waals surface area contributed by atoms with Crippen molar-refractivity contribution in [3.05, 3.63) is 68.2 Å². The van der Waals surface area contributed by atoms with E-state index in [0.29, 0.717) is 21.4 Å². The minimum Gasteiger partial charge on any atom is -0.480 e. The summed E-state index contributed by atoms with van der Waals surface area (Å²) in [5, 5.41) is 20.0. The zero-order valence-electron chi connectivity index (χ0n) is 12.4. The Morgan fingerprint density at radius 3 is 2.58 bits per heavy atom. The van der Waals surface area contributed by atoms with Gasteiger partial charge in [-0.15, -0.1) is 6.42 Å². The lowest BCUT2D eigenvalue weighted by molar-refractivity contribution is -0.384. The van der Waals surface area contributed by atoms with Crippen molar-refractivity contribution < 1.29 is 9.66 Å². The molecule has 0 unspecified atom stereocenters. The standard InChI is InChI=1S/C18H11BrN2O3/c1-2-9-24-18-8-3-13(11-17(18)19)10-15(12-20)14-4-6-16(7-5-14)21(22)23/h1,3-8,10-11H,9H2/b15-10-. The third kappa shape index (κ3) is 4.22. The zero-order chi connectivity index (χ0) is 17.5. The van der Waals surface area contributed by atoms with Crippen molar-refractivity contribution in [3.8, 4) is 24.2 Å². The van der Waals surface area contributed by atoms with E-state index in [2.05, 4.69) is 27.9 Å². The zero-order valence-corrected chi connectivity index (χ0v) is 14.0. The molecule has 2 aromatic carbocycles. The molecule has 6 heteroatoms. The highest BCUT2D eigenvalue weighted by Crippen LogP contribution is 2.28. The minimum atomic E-state index is -0.481. The first-order valence-corrected chi connectivity index (χ1v) is 7.57. The van der Waals surface area contributed by atoms with E-state index < -0.39 is 4.92 Å². The van der Waals surface area contributed by atoms with Crippen molar-refractivity contribution in [2.45, 2.75) is 0 Å². The molecule has 0 aliphatic carbocycles. The summed E-state index contributed by atoms with van der Waals surface area (Å²) in [5.74, 6) is 3.00. The van der Waals surface area contributed by atoms with Crippen LogP contribution in [0.3, 0.4) is 0 Å². The number of nitro benzene ring substituents is 1. The number of hydrogen-bond donors (Lipinski definition) is 0. The van der Waals surface area contributed by atoms with Gasteiger partial charge in [0, 0.05) is 12.1 Å². The van der Waals surface area contributed by atoms with E-state index in [0.717, 1.165) is 5.56 Å². The maximum absolute atomic E-state index is 10.7. The molecular weight excluding hydrogens is 372 g/mol. The fraction of sp³-hybridized carbons (Fsp3) is 0.0556. The quantitative estimate of drug-likeness (QED) is 0.252. The summed E-state index contributed by atoms with van der Waals surface area (Å²) in [6.45, 7) is 0.167. The average Bonchev–Trinajstić information content (AvgIpc) is 2.59. The molecule has 2 aromatic rings. The summed E-state index contributed by atoms with van der Waals surface area (Å²) >= 11 is 3.39. The predicted octanol–water partition coefficient (Wildman–Crippen LogP) is 4.43. The first-order valence-electron chi connectivity index (χ1n) is 6.77. The number of rotatable bonds is 5. The van der Waals surface area contributed by atoms with Gasteiger partial charge >= 0.3 is 0 Å². The number of hydrogen-bond acceptors (Lipinski definition) is 4. The molecule has 24 heavy (non-hydrogen) atoms. The summed E-state index contributed by atoms with van der Waals surface area (Å²) in [4.78, 5) is 10.2. The lowest BCUT2D eigenvalue weighted by Gasteiger charge is -2.06. The number of nitriles is 1. The first-order chi connectivity index (χ1) is 11.5. The summed E-state index contributed by atoms with van der Waals surface area (Å²) in [5.41, 5.74) is 1.76. The van der Waals surface area contributed by atoms with E-state index in [4.69, 9.17) is 11.2 Å². The average molecular weight is 383 g/mol. The van der Waals surface area contributed by atoms with E-state index in [9.17, 15) is 15.4 Å². The molecule has 0 N–H and O–H groups in total. The van der Waals surface area contributed by atoms with Crippen molar-refractivity contribution in [2.75, 3.05) is 6.61 Å². The van der Waals surface area contributed by atoms with Crippen molar-refractivity contribution in [3.63, 3.8) is 0 Å². The fourth-order valence-electron chi connectivity index (χ4n) is 1.95. The van der Waals surface area contributed by atoms with Gasteiger partial charge < -0.3 is 4.74 Å². The van der Waals surface area contributed by atoms with Crippen LogP contribution in [0.2, 0.25) is 0 Å². The molecule has 0 radical (unpaired) electrons. The van der Waals surface area contributed by atoms with Crippen molar-refractivity contribution in [2.24, 2.45) is 0 Å². The van der Waals surface area contributed by atoms with Gasteiger partial charge in [-0.3, -0.25) is 10.1 Å². The van der Waals surface area contributed by atoms with Crippen LogP contribution < -0.4 is 4.74 Å². The molecule has 0 aliphatic rings. The highest BCUT2D eigenvalue weighted by atomic mass is 79.9. The summed E-state index contributed by atoms with van der Waals surface area (Å²) in [6.07, 6.45) is 6.85. The Hall–Kier alpha value is -3.09. The molecule has 0 amide bonds. The smallest absolute Gasteiger partial charge is 0.269 e. The third-order valence-electron chi connectivity index (χ3n) is 3.09. The van der Waals surface area contributed by atoms with E-state index >= 15 is 0 Å². The third-order valence-corrected chi connectivity index (χ3v) is 3.71. The Kier molecular flexibility index (Phi) is 5.73. The lowest BCUT2D eigenvalue weighted by Crippen LogP contribution is -1.94. The topological polar surface area (TPSA) is 76.2 Å². The highest BCUT2D eigenvalue weighted by molar-refractivity contribution is 9.10. The molecule has 0 saturated carbocycles. The second kappa shape index (κ2) is 7.96. The van der Waals surface area contributed by atoms with Crippen LogP contribution in [-0.4, -0.2) is 11.5 Å². The van der Waals surface area contributed by atoms with E-state index in [-0.39, 0.29) is 12.3 Å². The molecule has 0 bridgehead atoms. The minimum absolute atomic E-state index is 0.0196. The van der Waals surface area contributed by atoms with Crippen molar-refractivity contribution in [1.29, 1.82) is 5.26 Å². The number of non-ortho nitro benzene ring substituents is 1. The van der Waals surface area contributed by atoms with Crippen LogP contribution in [0.25, 0.3) is 11.6 Å². The molecule has 0 aromatic heterocycles. The molecule has 0 aliphatic heterocycles. The van der Waals surface area contributed by atoms with Crippen LogP contribution >= 0.6 is 15.9 Å². The van der Waals surface area contributed by atoms with Crippen LogP contribution in [0.4, 0.5) is 5.69 Å².